The molecule has 0 bridgehead atoms. The van der Waals surface area contributed by atoms with E-state index in [0.717, 1.165) is 0 Å². The maximum absolute atomic E-state index is 13.2. The van der Waals surface area contributed by atoms with Crippen molar-refractivity contribution in [3.05, 3.63) is 58.3 Å². The molecule has 3 rings (SSSR count). The number of amides is 2. The summed E-state index contributed by atoms with van der Waals surface area (Å²) in [6.07, 6.45) is 1.16. The highest BCUT2D eigenvalue weighted by Crippen LogP contribution is 2.27. The number of halogens is 4. The first-order valence-electron chi connectivity index (χ1n) is 8.94. The zero-order chi connectivity index (χ0) is 21.0. The zero-order valence-corrected chi connectivity index (χ0v) is 16.8. The van der Waals surface area contributed by atoms with E-state index in [4.69, 9.17) is 0 Å². The summed E-state index contributed by atoms with van der Waals surface area (Å²) in [6.45, 7) is -2.49. The number of carbonyl (C=O) groups excluding carboxylic acids is 2. The van der Waals surface area contributed by atoms with Gasteiger partial charge in [0.1, 0.15) is 11.6 Å². The molecule has 1 saturated heterocycles. The normalized spacial score (nSPS) is 16.6. The first-order chi connectivity index (χ1) is 13.8. The second-order valence-corrected chi connectivity index (χ2v) is 7.43. The van der Waals surface area contributed by atoms with Crippen molar-refractivity contribution in [3.63, 3.8) is 0 Å². The Balaban J connectivity index is 1.70. The Labute approximate surface area is 174 Å². The molecule has 1 N–H and O–H groups in total. The number of nitrogens with one attached hydrogen (secondary N) is 1. The van der Waals surface area contributed by atoms with E-state index >= 15 is 0 Å². The minimum atomic E-state index is -3.04. The molecule has 9 heteroatoms. The van der Waals surface area contributed by atoms with Gasteiger partial charge in [0.2, 0.25) is 5.91 Å². The molecule has 1 fully saturated rings. The molecule has 2 amide bonds. The molecule has 1 atom stereocenters. The lowest BCUT2D eigenvalue weighted by Crippen LogP contribution is -2.44. The van der Waals surface area contributed by atoms with Gasteiger partial charge in [-0.25, -0.2) is 4.39 Å². The van der Waals surface area contributed by atoms with Gasteiger partial charge in [0.25, 0.3) is 5.91 Å². The molecule has 0 spiro atoms. The van der Waals surface area contributed by atoms with Crippen LogP contribution in [0.1, 0.15) is 23.2 Å². The van der Waals surface area contributed by atoms with Crippen LogP contribution >= 0.6 is 15.9 Å². The third-order valence-electron chi connectivity index (χ3n) is 4.60. The number of alkyl halides is 2. The monoisotopic (exact) mass is 470 g/mol. The minimum Gasteiger partial charge on any atom is -0.434 e. The van der Waals surface area contributed by atoms with Crippen LogP contribution in [0.2, 0.25) is 0 Å². The molecule has 1 heterocycles. The Hall–Kier alpha value is -2.55. The van der Waals surface area contributed by atoms with Crippen molar-refractivity contribution < 1.29 is 27.5 Å². The van der Waals surface area contributed by atoms with Crippen molar-refractivity contribution in [2.75, 3.05) is 18.4 Å². The summed E-state index contributed by atoms with van der Waals surface area (Å²) < 4.78 is 43.3. The average molecular weight is 471 g/mol. The molecule has 1 aliphatic rings. The molecule has 0 aliphatic carbocycles. The SMILES string of the molecule is O=C(Nc1ccc(F)cc1Br)C1CCCN(C(=O)c2ccccc2OC(F)F)C1. The first kappa shape index (κ1) is 21.2. The number of anilines is 1. The smallest absolute Gasteiger partial charge is 0.387 e. The van der Waals surface area contributed by atoms with Crippen molar-refractivity contribution in [2.45, 2.75) is 19.5 Å². The Morgan fingerprint density at radius 1 is 1.21 bits per heavy atom. The summed E-state index contributed by atoms with van der Waals surface area (Å²) in [5, 5.41) is 2.73. The zero-order valence-electron chi connectivity index (χ0n) is 15.2. The van der Waals surface area contributed by atoms with Crippen LogP contribution in [-0.4, -0.2) is 36.4 Å². The molecular formula is C20H18BrF3N2O3. The van der Waals surface area contributed by atoms with Gasteiger partial charge in [0.05, 0.1) is 17.2 Å². The Bertz CT molecular complexity index is 910. The van der Waals surface area contributed by atoms with Crippen LogP contribution in [0.4, 0.5) is 18.9 Å². The van der Waals surface area contributed by atoms with Crippen LogP contribution < -0.4 is 10.1 Å². The lowest BCUT2D eigenvalue weighted by molar-refractivity contribution is -0.121. The fourth-order valence-electron chi connectivity index (χ4n) is 3.21. The summed E-state index contributed by atoms with van der Waals surface area (Å²) in [4.78, 5) is 26.9. The summed E-state index contributed by atoms with van der Waals surface area (Å²) in [7, 11) is 0. The molecule has 154 valence electrons. The van der Waals surface area contributed by atoms with Gasteiger partial charge in [0.15, 0.2) is 0 Å². The van der Waals surface area contributed by atoms with Gasteiger partial charge in [-0.3, -0.25) is 9.59 Å². The van der Waals surface area contributed by atoms with E-state index in [1.807, 2.05) is 0 Å². The van der Waals surface area contributed by atoms with Crippen molar-refractivity contribution in [3.8, 4) is 5.75 Å². The number of likely N-dealkylation sites (tertiary alicyclic amines) is 1. The summed E-state index contributed by atoms with van der Waals surface area (Å²) in [5.41, 5.74) is 0.450. The number of ether oxygens (including phenoxy) is 1. The van der Waals surface area contributed by atoms with Crippen molar-refractivity contribution in [1.82, 2.24) is 4.90 Å². The summed E-state index contributed by atoms with van der Waals surface area (Å²) in [5.74, 6) is -1.88. The second kappa shape index (κ2) is 9.30. The molecule has 1 aliphatic heterocycles. The summed E-state index contributed by atoms with van der Waals surface area (Å²) >= 11 is 3.20. The summed E-state index contributed by atoms with van der Waals surface area (Å²) in [6, 6.07) is 9.70. The lowest BCUT2D eigenvalue weighted by Gasteiger charge is -2.32. The number of benzene rings is 2. The Morgan fingerprint density at radius 2 is 1.97 bits per heavy atom. The van der Waals surface area contributed by atoms with Gasteiger partial charge in [-0.15, -0.1) is 0 Å². The molecule has 0 radical (unpaired) electrons. The molecule has 5 nitrogen and oxygen atoms in total. The van der Waals surface area contributed by atoms with Crippen LogP contribution in [0.5, 0.6) is 5.75 Å². The van der Waals surface area contributed by atoms with E-state index in [0.29, 0.717) is 29.5 Å². The maximum Gasteiger partial charge on any atom is 0.387 e. The molecule has 2 aromatic carbocycles. The molecule has 2 aromatic rings. The number of carbonyl (C=O) groups is 2. The van der Waals surface area contributed by atoms with E-state index in [2.05, 4.69) is 26.0 Å². The second-order valence-electron chi connectivity index (χ2n) is 6.58. The van der Waals surface area contributed by atoms with Crippen molar-refractivity contribution >= 4 is 33.4 Å². The standard InChI is InChI=1S/C20H18BrF3N2O3/c21-15-10-13(22)7-8-16(15)25-18(27)12-4-3-9-26(11-12)19(28)14-5-1-2-6-17(14)29-20(23)24/h1-2,5-8,10,12,20H,3-4,9,11H2,(H,25,27). The van der Waals surface area contributed by atoms with Gasteiger partial charge in [-0.1, -0.05) is 12.1 Å². The molecular weight excluding hydrogens is 453 g/mol. The van der Waals surface area contributed by atoms with Crippen LogP contribution in [0.15, 0.2) is 46.9 Å². The molecule has 1 unspecified atom stereocenters. The third-order valence-corrected chi connectivity index (χ3v) is 5.26. The predicted octanol–water partition coefficient (Wildman–Crippen LogP) is 4.68. The third kappa shape index (κ3) is 5.29. The number of hydrogen-bond donors (Lipinski definition) is 1. The van der Waals surface area contributed by atoms with Crippen LogP contribution in [0.25, 0.3) is 0 Å². The van der Waals surface area contributed by atoms with Gasteiger partial charge in [-0.2, -0.15) is 8.78 Å². The lowest BCUT2D eigenvalue weighted by atomic mass is 9.96. The van der Waals surface area contributed by atoms with Crippen LogP contribution in [0.3, 0.4) is 0 Å². The van der Waals surface area contributed by atoms with Gasteiger partial charge < -0.3 is 15.0 Å². The quantitative estimate of drug-likeness (QED) is 0.689. The highest BCUT2D eigenvalue weighted by Gasteiger charge is 2.30. The van der Waals surface area contributed by atoms with E-state index < -0.39 is 24.3 Å². The number of rotatable bonds is 5. The van der Waals surface area contributed by atoms with Gasteiger partial charge in [0, 0.05) is 17.6 Å². The molecule has 0 saturated carbocycles. The number of hydrogen-bond acceptors (Lipinski definition) is 3. The van der Waals surface area contributed by atoms with E-state index in [9.17, 15) is 22.8 Å². The highest BCUT2D eigenvalue weighted by molar-refractivity contribution is 9.10. The highest BCUT2D eigenvalue weighted by atomic mass is 79.9. The number of para-hydroxylation sites is 1. The first-order valence-corrected chi connectivity index (χ1v) is 9.73. The van der Waals surface area contributed by atoms with Crippen LogP contribution in [0, 0.1) is 11.7 Å². The predicted molar refractivity (Wildman–Crippen MR) is 104 cm³/mol. The fraction of sp³-hybridized carbons (Fsp3) is 0.300. The largest absolute Gasteiger partial charge is 0.434 e. The number of piperidine rings is 1. The minimum absolute atomic E-state index is 0.0233. The van der Waals surface area contributed by atoms with E-state index in [1.54, 1.807) is 6.07 Å². The fourth-order valence-corrected chi connectivity index (χ4v) is 3.66. The molecule has 29 heavy (non-hydrogen) atoms. The Kier molecular flexibility index (Phi) is 6.79. The van der Waals surface area contributed by atoms with E-state index in [-0.39, 0.29) is 23.8 Å². The average Bonchev–Trinajstić information content (AvgIpc) is 2.69. The van der Waals surface area contributed by atoms with Crippen LogP contribution in [-0.2, 0) is 4.79 Å². The topological polar surface area (TPSA) is 58.6 Å². The Morgan fingerprint density at radius 3 is 2.69 bits per heavy atom. The molecule has 0 aromatic heterocycles. The van der Waals surface area contributed by atoms with Crippen molar-refractivity contribution in [2.24, 2.45) is 5.92 Å². The maximum atomic E-state index is 13.2. The van der Waals surface area contributed by atoms with E-state index in [1.165, 1.54) is 41.3 Å². The van der Waals surface area contributed by atoms with Gasteiger partial charge in [-0.05, 0) is 59.1 Å². The van der Waals surface area contributed by atoms with Crippen molar-refractivity contribution in [1.29, 1.82) is 0 Å². The van der Waals surface area contributed by atoms with Gasteiger partial charge >= 0.3 is 6.61 Å². The number of nitrogens with zero attached hydrogens (tertiary/aromatic N) is 1.